The van der Waals surface area contributed by atoms with Crippen LogP contribution in [0, 0.1) is 11.6 Å². The summed E-state index contributed by atoms with van der Waals surface area (Å²) in [6.07, 6.45) is 1.08. The van der Waals surface area contributed by atoms with Gasteiger partial charge in [-0.3, -0.25) is 14.7 Å². The fourth-order valence-corrected chi connectivity index (χ4v) is 6.77. The van der Waals surface area contributed by atoms with Crippen molar-refractivity contribution in [2.24, 2.45) is 0 Å². The Morgan fingerprint density at radius 1 is 1.05 bits per heavy atom. The molecular formula is C27H25F2N5O5S2. The number of halogens is 2. The van der Waals surface area contributed by atoms with Crippen LogP contribution >= 0.6 is 11.3 Å². The number of piperazine rings is 1. The summed E-state index contributed by atoms with van der Waals surface area (Å²) >= 11 is 0.954. The average molecular weight is 602 g/mol. The van der Waals surface area contributed by atoms with Gasteiger partial charge in [0.05, 0.1) is 28.4 Å². The maximum atomic E-state index is 14.4. The number of amides is 2. The number of hydrogen-bond donors (Lipinski definition) is 0. The van der Waals surface area contributed by atoms with Gasteiger partial charge in [0.15, 0.2) is 10.9 Å². The second-order valence-corrected chi connectivity index (χ2v) is 12.0. The first-order valence-corrected chi connectivity index (χ1v) is 14.9. The lowest BCUT2D eigenvalue weighted by molar-refractivity contribution is 0.0933. The predicted molar refractivity (Wildman–Crippen MR) is 148 cm³/mol. The molecule has 0 aliphatic carbocycles. The van der Waals surface area contributed by atoms with Crippen LogP contribution in [0.5, 0.6) is 0 Å². The summed E-state index contributed by atoms with van der Waals surface area (Å²) < 4.78 is 61.2. The maximum Gasteiger partial charge on any atom is 0.409 e. The van der Waals surface area contributed by atoms with Gasteiger partial charge in [-0.15, -0.1) is 0 Å². The minimum Gasteiger partial charge on any atom is -0.450 e. The van der Waals surface area contributed by atoms with E-state index in [1.807, 2.05) is 0 Å². The lowest BCUT2D eigenvalue weighted by atomic mass is 10.2. The van der Waals surface area contributed by atoms with Crippen LogP contribution in [0.4, 0.5) is 18.7 Å². The van der Waals surface area contributed by atoms with Gasteiger partial charge in [-0.2, -0.15) is 4.31 Å². The molecule has 3 heterocycles. The summed E-state index contributed by atoms with van der Waals surface area (Å²) in [4.78, 5) is 36.9. The number of benzene rings is 2. The number of sulfonamides is 1. The molecule has 214 valence electrons. The standard InChI is InChI=1S/C27H25F2N5O5S2/c1-2-39-27(36)32-11-13-33(14-12-32)41(37,38)21-8-6-18(7-9-21)25(35)34(17-20-5-3-4-10-30-20)26-31-24-22(29)15-19(28)16-23(24)40-26/h3-10,15-16H,2,11-14,17H2,1H3. The van der Waals surface area contributed by atoms with Crippen molar-refractivity contribution in [3.05, 3.63) is 83.7 Å². The van der Waals surface area contributed by atoms with Crippen molar-refractivity contribution >= 4 is 48.7 Å². The lowest BCUT2D eigenvalue weighted by Gasteiger charge is -2.33. The summed E-state index contributed by atoms with van der Waals surface area (Å²) in [5.74, 6) is -2.13. The Morgan fingerprint density at radius 2 is 1.78 bits per heavy atom. The Kier molecular flexibility index (Phi) is 8.24. The van der Waals surface area contributed by atoms with Gasteiger partial charge >= 0.3 is 6.09 Å². The SMILES string of the molecule is CCOC(=O)N1CCN(S(=O)(=O)c2ccc(C(=O)N(Cc3ccccn3)c3nc4c(F)cc(F)cc4s3)cc2)CC1. The predicted octanol–water partition coefficient (Wildman–Crippen LogP) is 4.28. The van der Waals surface area contributed by atoms with E-state index in [-0.39, 0.29) is 65.1 Å². The largest absolute Gasteiger partial charge is 0.450 e. The number of hydrogen-bond acceptors (Lipinski definition) is 8. The number of fused-ring (bicyclic) bond motifs is 1. The number of carbonyl (C=O) groups excluding carboxylic acids is 2. The van der Waals surface area contributed by atoms with Crippen LogP contribution in [0.15, 0.2) is 65.7 Å². The Labute approximate surface area is 238 Å². The number of thiazole rings is 1. The van der Waals surface area contributed by atoms with Crippen LogP contribution in [-0.4, -0.2) is 72.4 Å². The smallest absolute Gasteiger partial charge is 0.409 e. The van der Waals surface area contributed by atoms with Crippen molar-refractivity contribution < 1.29 is 31.5 Å². The third-order valence-electron chi connectivity index (χ3n) is 6.43. The minimum atomic E-state index is -3.88. The third kappa shape index (κ3) is 6.04. The summed E-state index contributed by atoms with van der Waals surface area (Å²) in [5, 5.41) is 0.135. The van der Waals surface area contributed by atoms with Crippen molar-refractivity contribution in [1.82, 2.24) is 19.2 Å². The van der Waals surface area contributed by atoms with Crippen molar-refractivity contribution in [2.75, 3.05) is 37.7 Å². The highest BCUT2D eigenvalue weighted by atomic mass is 32.2. The lowest BCUT2D eigenvalue weighted by Crippen LogP contribution is -2.50. The summed E-state index contributed by atoms with van der Waals surface area (Å²) in [6, 6.07) is 12.5. The van der Waals surface area contributed by atoms with Gasteiger partial charge in [-0.25, -0.2) is 27.0 Å². The molecule has 1 fully saturated rings. The van der Waals surface area contributed by atoms with Gasteiger partial charge in [0.1, 0.15) is 11.3 Å². The molecule has 4 aromatic rings. The zero-order chi connectivity index (χ0) is 29.1. The number of anilines is 1. The van der Waals surface area contributed by atoms with E-state index in [2.05, 4.69) is 9.97 Å². The molecule has 10 nitrogen and oxygen atoms in total. The molecule has 0 bridgehead atoms. The topological polar surface area (TPSA) is 113 Å². The van der Waals surface area contributed by atoms with E-state index < -0.39 is 33.7 Å². The fraction of sp³-hybridized carbons (Fsp3) is 0.259. The second-order valence-electron chi connectivity index (χ2n) is 9.06. The highest BCUT2D eigenvalue weighted by molar-refractivity contribution is 7.89. The normalized spacial score (nSPS) is 14.3. The quantitative estimate of drug-likeness (QED) is 0.311. The highest BCUT2D eigenvalue weighted by Crippen LogP contribution is 2.33. The Bertz CT molecular complexity index is 1680. The molecule has 0 N–H and O–H groups in total. The number of carbonyl (C=O) groups is 2. The van der Waals surface area contributed by atoms with E-state index in [1.54, 1.807) is 31.3 Å². The zero-order valence-electron chi connectivity index (χ0n) is 21.9. The second kappa shape index (κ2) is 11.8. The molecule has 0 spiro atoms. The van der Waals surface area contributed by atoms with E-state index in [0.717, 1.165) is 23.5 Å². The fourth-order valence-electron chi connectivity index (χ4n) is 4.34. The molecule has 0 radical (unpaired) electrons. The monoisotopic (exact) mass is 601 g/mol. The molecule has 1 saturated heterocycles. The molecule has 0 saturated carbocycles. The molecule has 2 aromatic heterocycles. The van der Waals surface area contributed by atoms with E-state index in [4.69, 9.17) is 4.74 Å². The van der Waals surface area contributed by atoms with Crippen LogP contribution in [0.1, 0.15) is 23.0 Å². The number of aromatic nitrogens is 2. The molecule has 14 heteroatoms. The first kappa shape index (κ1) is 28.5. The molecule has 1 aliphatic rings. The highest BCUT2D eigenvalue weighted by Gasteiger charge is 2.31. The van der Waals surface area contributed by atoms with Crippen LogP contribution in [-0.2, 0) is 21.3 Å². The van der Waals surface area contributed by atoms with Gasteiger partial charge in [-0.05, 0) is 49.4 Å². The van der Waals surface area contributed by atoms with Gasteiger partial charge in [0.2, 0.25) is 10.0 Å². The number of pyridine rings is 1. The third-order valence-corrected chi connectivity index (χ3v) is 9.37. The molecule has 0 atom stereocenters. The van der Waals surface area contributed by atoms with Crippen LogP contribution < -0.4 is 4.90 Å². The van der Waals surface area contributed by atoms with E-state index in [0.29, 0.717) is 5.69 Å². The first-order chi connectivity index (χ1) is 19.7. The summed E-state index contributed by atoms with van der Waals surface area (Å²) in [7, 11) is -3.88. The Hall–Kier alpha value is -4.01. The average Bonchev–Trinajstić information content (AvgIpc) is 3.40. The number of nitrogens with zero attached hydrogens (tertiary/aromatic N) is 5. The van der Waals surface area contributed by atoms with Crippen molar-refractivity contribution in [1.29, 1.82) is 0 Å². The van der Waals surface area contributed by atoms with Crippen molar-refractivity contribution in [2.45, 2.75) is 18.4 Å². The maximum absolute atomic E-state index is 14.4. The zero-order valence-corrected chi connectivity index (χ0v) is 23.5. The van der Waals surface area contributed by atoms with Crippen molar-refractivity contribution in [3.63, 3.8) is 0 Å². The number of rotatable bonds is 7. The van der Waals surface area contributed by atoms with Gasteiger partial charge < -0.3 is 9.64 Å². The molecule has 2 aromatic carbocycles. The Balaban J connectivity index is 1.39. The molecule has 0 unspecified atom stereocenters. The summed E-state index contributed by atoms with van der Waals surface area (Å²) in [6.45, 7) is 2.53. The van der Waals surface area contributed by atoms with Gasteiger partial charge in [-0.1, -0.05) is 17.4 Å². The van der Waals surface area contributed by atoms with Gasteiger partial charge in [0.25, 0.3) is 5.91 Å². The number of ether oxygens (including phenoxy) is 1. The Morgan fingerprint density at radius 3 is 2.44 bits per heavy atom. The first-order valence-electron chi connectivity index (χ1n) is 12.7. The molecule has 2 amide bonds. The van der Waals surface area contributed by atoms with Gasteiger partial charge in [0, 0.05) is 44.0 Å². The van der Waals surface area contributed by atoms with Crippen LogP contribution in [0.2, 0.25) is 0 Å². The molecule has 41 heavy (non-hydrogen) atoms. The van der Waals surface area contributed by atoms with Crippen LogP contribution in [0.3, 0.4) is 0 Å². The molecule has 5 rings (SSSR count). The van der Waals surface area contributed by atoms with Crippen molar-refractivity contribution in [3.8, 4) is 0 Å². The molecule has 1 aliphatic heterocycles. The minimum absolute atomic E-state index is 0.00557. The van der Waals surface area contributed by atoms with Crippen LogP contribution in [0.25, 0.3) is 10.2 Å². The molecular weight excluding hydrogens is 576 g/mol. The van der Waals surface area contributed by atoms with E-state index in [9.17, 15) is 26.8 Å². The summed E-state index contributed by atoms with van der Waals surface area (Å²) in [5.41, 5.74) is 0.639. The van der Waals surface area contributed by atoms with E-state index in [1.165, 1.54) is 38.4 Å². The van der Waals surface area contributed by atoms with E-state index >= 15 is 0 Å².